The molecule has 2 rings (SSSR count). The Morgan fingerprint density at radius 2 is 2.05 bits per heavy atom. The van der Waals surface area contributed by atoms with Crippen LogP contribution in [0.15, 0.2) is 41.9 Å². The fourth-order valence-corrected chi connectivity index (χ4v) is 2.69. The van der Waals surface area contributed by atoms with E-state index in [-0.39, 0.29) is 11.6 Å². The van der Waals surface area contributed by atoms with Gasteiger partial charge in [-0.3, -0.25) is 0 Å². The lowest BCUT2D eigenvalue weighted by atomic mass is 10.4. The minimum Gasteiger partial charge on any atom is -0.383 e. The van der Waals surface area contributed by atoms with Gasteiger partial charge in [-0.05, 0) is 25.1 Å². The second-order valence-corrected chi connectivity index (χ2v) is 5.59. The predicted molar refractivity (Wildman–Crippen MR) is 74.5 cm³/mol. The van der Waals surface area contributed by atoms with Crippen LogP contribution < -0.4 is 10.0 Å². The van der Waals surface area contributed by atoms with Crippen molar-refractivity contribution in [2.45, 2.75) is 18.5 Å². The molecule has 2 aromatic rings. The third kappa shape index (κ3) is 3.49. The molecule has 0 aliphatic heterocycles. The normalized spacial score (nSPS) is 11.2. The van der Waals surface area contributed by atoms with Crippen LogP contribution in [0.1, 0.15) is 12.6 Å². The first-order valence-electron chi connectivity index (χ1n) is 6.07. The summed E-state index contributed by atoms with van der Waals surface area (Å²) in [4.78, 5) is 11.7. The van der Waals surface area contributed by atoms with Gasteiger partial charge in [-0.1, -0.05) is 0 Å². The summed E-state index contributed by atoms with van der Waals surface area (Å²) in [6.07, 6.45) is 4.37. The third-order valence-corrected chi connectivity index (χ3v) is 3.84. The summed E-state index contributed by atoms with van der Waals surface area (Å²) in [5.74, 6) is 0. The molecule has 2 aromatic heterocycles. The van der Waals surface area contributed by atoms with Crippen molar-refractivity contribution in [3.63, 3.8) is 0 Å². The maximum Gasteiger partial charge on any atom is 0.260 e. The maximum atomic E-state index is 12.2. The number of hydrogen-bond acceptors (Lipinski definition) is 6. The van der Waals surface area contributed by atoms with Crippen LogP contribution in [0.3, 0.4) is 0 Å². The number of aromatic nitrogens is 3. The van der Waals surface area contributed by atoms with Crippen LogP contribution in [0.5, 0.6) is 0 Å². The van der Waals surface area contributed by atoms with Crippen molar-refractivity contribution < 1.29 is 8.42 Å². The number of sulfonamides is 1. The van der Waals surface area contributed by atoms with Crippen LogP contribution in [0.25, 0.3) is 0 Å². The largest absolute Gasteiger partial charge is 0.383 e. The Balaban J connectivity index is 2.18. The Morgan fingerprint density at radius 3 is 2.75 bits per heavy atom. The van der Waals surface area contributed by atoms with Crippen LogP contribution in [-0.4, -0.2) is 29.9 Å². The molecule has 7 nitrogen and oxygen atoms in total. The molecule has 0 amide bonds. The molecule has 0 bridgehead atoms. The molecule has 0 unspecified atom stereocenters. The van der Waals surface area contributed by atoms with Gasteiger partial charge in [0.1, 0.15) is 6.33 Å². The van der Waals surface area contributed by atoms with Gasteiger partial charge in [-0.15, -0.1) is 0 Å². The summed E-state index contributed by atoms with van der Waals surface area (Å²) in [5, 5.41) is 2.96. The van der Waals surface area contributed by atoms with E-state index >= 15 is 0 Å². The van der Waals surface area contributed by atoms with E-state index in [0.29, 0.717) is 17.9 Å². The number of rotatable bonds is 6. The lowest BCUT2D eigenvalue weighted by Crippen LogP contribution is -2.25. The number of hydrogen-bond donors (Lipinski definition) is 2. The average Bonchev–Trinajstić information content (AvgIpc) is 2.47. The molecule has 0 aliphatic carbocycles. The van der Waals surface area contributed by atoms with Gasteiger partial charge < -0.3 is 5.32 Å². The molecule has 0 atom stereocenters. The molecule has 0 radical (unpaired) electrons. The Hall–Kier alpha value is -2.06. The maximum absolute atomic E-state index is 12.2. The van der Waals surface area contributed by atoms with Gasteiger partial charge in [0.25, 0.3) is 10.0 Å². The summed E-state index contributed by atoms with van der Waals surface area (Å²) in [7, 11) is -3.70. The SMILES string of the molecule is CCNc1cccnc1S(=O)(=O)NCc1ccncn1. The molecule has 0 aromatic carbocycles. The first-order chi connectivity index (χ1) is 9.63. The van der Waals surface area contributed by atoms with E-state index in [9.17, 15) is 8.42 Å². The lowest BCUT2D eigenvalue weighted by molar-refractivity contribution is 0.577. The zero-order valence-electron chi connectivity index (χ0n) is 10.9. The van der Waals surface area contributed by atoms with E-state index < -0.39 is 10.0 Å². The summed E-state index contributed by atoms with van der Waals surface area (Å²) in [6, 6.07) is 5.00. The van der Waals surface area contributed by atoms with Crippen LogP contribution >= 0.6 is 0 Å². The Kier molecular flexibility index (Phi) is 4.59. The van der Waals surface area contributed by atoms with Crippen LogP contribution in [0.4, 0.5) is 5.69 Å². The smallest absolute Gasteiger partial charge is 0.260 e. The van der Waals surface area contributed by atoms with Gasteiger partial charge in [0.05, 0.1) is 17.9 Å². The Bertz CT molecular complexity index is 661. The minimum atomic E-state index is -3.70. The summed E-state index contributed by atoms with van der Waals surface area (Å²) in [6.45, 7) is 2.59. The quantitative estimate of drug-likeness (QED) is 0.817. The molecule has 8 heteroatoms. The number of nitrogens with one attached hydrogen (secondary N) is 2. The Labute approximate surface area is 117 Å². The van der Waals surface area contributed by atoms with Gasteiger partial charge in [-0.2, -0.15) is 0 Å². The fourth-order valence-electron chi connectivity index (χ4n) is 1.59. The third-order valence-electron chi connectivity index (χ3n) is 2.48. The summed E-state index contributed by atoms with van der Waals surface area (Å²) in [5.41, 5.74) is 1.06. The van der Waals surface area contributed by atoms with E-state index in [1.807, 2.05) is 6.92 Å². The molecule has 0 fully saturated rings. The van der Waals surface area contributed by atoms with Crippen LogP contribution in [0.2, 0.25) is 0 Å². The van der Waals surface area contributed by atoms with Crippen molar-refractivity contribution in [3.05, 3.63) is 42.6 Å². The number of nitrogens with zero attached hydrogens (tertiary/aromatic N) is 3. The van der Waals surface area contributed by atoms with Crippen molar-refractivity contribution in [2.75, 3.05) is 11.9 Å². The van der Waals surface area contributed by atoms with Crippen molar-refractivity contribution in [3.8, 4) is 0 Å². The highest BCUT2D eigenvalue weighted by Gasteiger charge is 2.19. The van der Waals surface area contributed by atoms with Crippen LogP contribution in [0, 0.1) is 0 Å². The van der Waals surface area contributed by atoms with Gasteiger partial charge in [-0.25, -0.2) is 28.1 Å². The van der Waals surface area contributed by atoms with E-state index in [0.717, 1.165) is 0 Å². The Morgan fingerprint density at radius 1 is 1.20 bits per heavy atom. The molecular formula is C12H15N5O2S. The molecular weight excluding hydrogens is 278 g/mol. The molecule has 0 aliphatic rings. The predicted octanol–water partition coefficient (Wildman–Crippen LogP) is 0.782. The van der Waals surface area contributed by atoms with E-state index in [2.05, 4.69) is 25.0 Å². The first-order valence-corrected chi connectivity index (χ1v) is 7.55. The van der Waals surface area contributed by atoms with Gasteiger partial charge in [0.15, 0.2) is 5.03 Å². The highest BCUT2D eigenvalue weighted by Crippen LogP contribution is 2.17. The zero-order valence-corrected chi connectivity index (χ0v) is 11.8. The molecule has 0 saturated carbocycles. The van der Waals surface area contributed by atoms with Crippen LogP contribution in [-0.2, 0) is 16.6 Å². The monoisotopic (exact) mass is 293 g/mol. The standard InChI is InChI=1S/C12H15N5O2S/c1-2-14-11-4-3-6-15-12(11)20(18,19)17-8-10-5-7-13-9-16-10/h3-7,9,14,17H,2,8H2,1H3. The molecule has 20 heavy (non-hydrogen) atoms. The van der Waals surface area contributed by atoms with Crippen molar-refractivity contribution >= 4 is 15.7 Å². The molecule has 2 heterocycles. The van der Waals surface area contributed by atoms with Gasteiger partial charge in [0.2, 0.25) is 0 Å². The van der Waals surface area contributed by atoms with Crippen molar-refractivity contribution in [2.24, 2.45) is 0 Å². The second-order valence-electron chi connectivity index (χ2n) is 3.91. The highest BCUT2D eigenvalue weighted by molar-refractivity contribution is 7.89. The molecule has 0 saturated heterocycles. The molecule has 0 spiro atoms. The first kappa shape index (κ1) is 14.4. The number of pyridine rings is 1. The average molecular weight is 293 g/mol. The summed E-state index contributed by atoms with van der Waals surface area (Å²) < 4.78 is 27.0. The van der Waals surface area contributed by atoms with Crippen molar-refractivity contribution in [1.29, 1.82) is 0 Å². The lowest BCUT2D eigenvalue weighted by Gasteiger charge is -2.10. The van der Waals surface area contributed by atoms with E-state index in [4.69, 9.17) is 0 Å². The topological polar surface area (TPSA) is 96.9 Å². The van der Waals surface area contributed by atoms with Crippen molar-refractivity contribution in [1.82, 2.24) is 19.7 Å². The molecule has 106 valence electrons. The summed E-state index contributed by atoms with van der Waals surface area (Å²) >= 11 is 0. The molecule has 2 N–H and O–H groups in total. The van der Waals surface area contributed by atoms with Gasteiger partial charge in [0, 0.05) is 18.9 Å². The zero-order chi connectivity index (χ0) is 14.4. The van der Waals surface area contributed by atoms with E-state index in [1.165, 1.54) is 12.5 Å². The van der Waals surface area contributed by atoms with Gasteiger partial charge >= 0.3 is 0 Å². The van der Waals surface area contributed by atoms with E-state index in [1.54, 1.807) is 24.4 Å². The minimum absolute atomic E-state index is 0.0177. The highest BCUT2D eigenvalue weighted by atomic mass is 32.2. The second kappa shape index (κ2) is 6.40. The number of anilines is 1. The fraction of sp³-hybridized carbons (Fsp3) is 0.250.